The van der Waals surface area contributed by atoms with Crippen molar-refractivity contribution in [3.8, 4) is 17.5 Å². The second-order valence-corrected chi connectivity index (χ2v) is 7.14. The van der Waals surface area contributed by atoms with E-state index in [1.807, 2.05) is 0 Å². The number of likely N-dealkylation sites (tertiary alicyclic amines) is 1. The SMILES string of the molecule is N#Cc1c(C(F)(F)F)cc(-c2ccco2)nc1SCC(=O)N1CCC[C@@H]1C(=O)[O-]. The topological polar surface area (TPSA) is 110 Å². The summed E-state index contributed by atoms with van der Waals surface area (Å²) in [6.45, 7) is 0.219. The van der Waals surface area contributed by atoms with Gasteiger partial charge in [0.2, 0.25) is 5.91 Å². The summed E-state index contributed by atoms with van der Waals surface area (Å²) in [6, 6.07) is 4.05. The van der Waals surface area contributed by atoms with Crippen LogP contribution < -0.4 is 5.11 Å². The van der Waals surface area contributed by atoms with Crippen molar-refractivity contribution in [2.45, 2.75) is 30.1 Å². The predicted molar refractivity (Wildman–Crippen MR) is 92.1 cm³/mol. The Hall–Kier alpha value is -3.00. The van der Waals surface area contributed by atoms with Crippen LogP contribution in [-0.2, 0) is 15.8 Å². The summed E-state index contributed by atoms with van der Waals surface area (Å²) < 4.78 is 45.5. The highest BCUT2D eigenvalue weighted by atomic mass is 32.2. The van der Waals surface area contributed by atoms with E-state index < -0.39 is 35.2 Å². The number of hydrogen-bond acceptors (Lipinski definition) is 7. The fourth-order valence-corrected chi connectivity index (χ4v) is 3.92. The Labute approximate surface area is 167 Å². The van der Waals surface area contributed by atoms with Crippen molar-refractivity contribution >= 4 is 23.6 Å². The normalized spacial score (nSPS) is 16.6. The molecule has 1 saturated heterocycles. The number of carboxylic acid groups (broad SMARTS) is 1. The van der Waals surface area contributed by atoms with Gasteiger partial charge in [-0.3, -0.25) is 4.79 Å². The minimum Gasteiger partial charge on any atom is -0.548 e. The van der Waals surface area contributed by atoms with Crippen molar-refractivity contribution in [1.82, 2.24) is 9.88 Å². The third kappa shape index (κ3) is 4.37. The Morgan fingerprint density at radius 3 is 2.79 bits per heavy atom. The number of hydrogen-bond donors (Lipinski definition) is 0. The number of carbonyl (C=O) groups is 2. The minimum absolute atomic E-state index is 0.0738. The van der Waals surface area contributed by atoms with Gasteiger partial charge < -0.3 is 19.2 Å². The van der Waals surface area contributed by atoms with Crippen LogP contribution in [0.4, 0.5) is 13.2 Å². The van der Waals surface area contributed by atoms with E-state index in [4.69, 9.17) is 4.42 Å². The summed E-state index contributed by atoms with van der Waals surface area (Å²) in [5.41, 5.74) is -2.03. The Kier molecular flexibility index (Phi) is 5.83. The molecular formula is C18H13F3N3O4S-. The molecule has 0 spiro atoms. The van der Waals surface area contributed by atoms with Crippen LogP contribution >= 0.6 is 11.8 Å². The lowest BCUT2D eigenvalue weighted by atomic mass is 10.1. The van der Waals surface area contributed by atoms with Gasteiger partial charge in [0.15, 0.2) is 5.76 Å². The number of nitrogens with zero attached hydrogens (tertiary/aromatic N) is 3. The largest absolute Gasteiger partial charge is 0.548 e. The van der Waals surface area contributed by atoms with Gasteiger partial charge in [0.25, 0.3) is 0 Å². The first kappa shape index (κ1) is 20.7. The van der Waals surface area contributed by atoms with Gasteiger partial charge in [0.1, 0.15) is 16.8 Å². The first-order chi connectivity index (χ1) is 13.7. The number of pyridine rings is 1. The van der Waals surface area contributed by atoms with Gasteiger partial charge in [-0.15, -0.1) is 0 Å². The molecule has 1 aliphatic heterocycles. The first-order valence-corrected chi connectivity index (χ1v) is 9.40. The molecule has 3 rings (SSSR count). The Bertz CT molecular complexity index is 970. The van der Waals surface area contributed by atoms with Crippen LogP contribution in [0.25, 0.3) is 11.5 Å². The van der Waals surface area contributed by atoms with E-state index >= 15 is 0 Å². The van der Waals surface area contributed by atoms with Gasteiger partial charge in [-0.25, -0.2) is 4.98 Å². The van der Waals surface area contributed by atoms with E-state index in [0.29, 0.717) is 18.2 Å². The number of nitriles is 1. The third-order valence-corrected chi connectivity index (χ3v) is 5.31. The van der Waals surface area contributed by atoms with Crippen molar-refractivity contribution < 1.29 is 32.3 Å². The third-order valence-electron chi connectivity index (χ3n) is 4.35. The maximum atomic E-state index is 13.5. The number of halogens is 3. The zero-order chi connectivity index (χ0) is 21.2. The van der Waals surface area contributed by atoms with E-state index in [-0.39, 0.29) is 35.2 Å². The van der Waals surface area contributed by atoms with Crippen LogP contribution in [-0.4, -0.2) is 40.1 Å². The van der Waals surface area contributed by atoms with Gasteiger partial charge in [-0.1, -0.05) is 11.8 Å². The molecular weight excluding hydrogens is 411 g/mol. The molecule has 29 heavy (non-hydrogen) atoms. The lowest BCUT2D eigenvalue weighted by Gasteiger charge is -2.25. The van der Waals surface area contributed by atoms with Crippen LogP contribution in [0.15, 0.2) is 33.9 Å². The highest BCUT2D eigenvalue weighted by molar-refractivity contribution is 8.00. The maximum Gasteiger partial charge on any atom is 0.417 e. The van der Waals surface area contributed by atoms with Crippen LogP contribution in [0.3, 0.4) is 0 Å². The maximum absolute atomic E-state index is 13.5. The average molecular weight is 424 g/mol. The molecule has 0 unspecified atom stereocenters. The molecule has 0 saturated carbocycles. The molecule has 0 aliphatic carbocycles. The second kappa shape index (κ2) is 8.16. The van der Waals surface area contributed by atoms with Gasteiger partial charge >= 0.3 is 6.18 Å². The monoisotopic (exact) mass is 424 g/mol. The van der Waals surface area contributed by atoms with E-state index in [9.17, 15) is 33.1 Å². The van der Waals surface area contributed by atoms with E-state index in [2.05, 4.69) is 4.98 Å². The van der Waals surface area contributed by atoms with Crippen molar-refractivity contribution in [3.63, 3.8) is 0 Å². The molecule has 1 atom stereocenters. The zero-order valence-electron chi connectivity index (χ0n) is 14.7. The number of alkyl halides is 3. The van der Waals surface area contributed by atoms with Crippen molar-refractivity contribution in [1.29, 1.82) is 5.26 Å². The summed E-state index contributed by atoms with van der Waals surface area (Å²) in [6.07, 6.45) is -2.80. The van der Waals surface area contributed by atoms with Gasteiger partial charge in [0.05, 0.1) is 35.2 Å². The van der Waals surface area contributed by atoms with Crippen LogP contribution in [0.1, 0.15) is 24.0 Å². The average Bonchev–Trinajstić information content (AvgIpc) is 3.36. The summed E-state index contributed by atoms with van der Waals surface area (Å²) in [4.78, 5) is 28.7. The zero-order valence-corrected chi connectivity index (χ0v) is 15.5. The molecule has 1 fully saturated rings. The Morgan fingerprint density at radius 2 is 2.21 bits per heavy atom. The van der Waals surface area contributed by atoms with Crippen LogP contribution in [0, 0.1) is 11.3 Å². The summed E-state index contributed by atoms with van der Waals surface area (Å²) in [5.74, 6) is -2.25. The highest BCUT2D eigenvalue weighted by Crippen LogP contribution is 2.38. The van der Waals surface area contributed by atoms with Gasteiger partial charge in [0, 0.05) is 6.54 Å². The number of carboxylic acids is 1. The molecule has 1 aliphatic rings. The molecule has 11 heteroatoms. The van der Waals surface area contributed by atoms with Crippen molar-refractivity contribution in [2.75, 3.05) is 12.3 Å². The fraction of sp³-hybridized carbons (Fsp3) is 0.333. The molecule has 7 nitrogen and oxygen atoms in total. The number of carbonyl (C=O) groups excluding carboxylic acids is 2. The number of rotatable bonds is 5. The predicted octanol–water partition coefficient (Wildman–Crippen LogP) is 2.07. The van der Waals surface area contributed by atoms with Crippen LogP contribution in [0.5, 0.6) is 0 Å². The summed E-state index contributed by atoms with van der Waals surface area (Å²) in [7, 11) is 0. The molecule has 0 radical (unpaired) electrons. The number of thioether (sulfide) groups is 1. The fourth-order valence-electron chi connectivity index (χ4n) is 3.03. The number of amides is 1. The standard InChI is InChI=1S/C18H14F3N3O4S/c19-18(20,21)11-7-12(14-4-2-6-28-14)23-16(10(11)8-22)29-9-15(25)24-5-1-3-13(24)17(26)27/h2,4,6-7,13H,1,3,5,9H2,(H,26,27)/p-1/t13-/m1/s1. The number of aliphatic carboxylic acids is 1. The van der Waals surface area contributed by atoms with Crippen molar-refractivity contribution in [2.24, 2.45) is 0 Å². The van der Waals surface area contributed by atoms with Gasteiger partial charge in [-0.2, -0.15) is 18.4 Å². The Balaban J connectivity index is 1.92. The lowest BCUT2D eigenvalue weighted by Crippen LogP contribution is -2.47. The van der Waals surface area contributed by atoms with Gasteiger partial charge in [-0.05, 0) is 31.0 Å². The van der Waals surface area contributed by atoms with E-state index in [0.717, 1.165) is 11.0 Å². The molecule has 152 valence electrons. The molecule has 0 aromatic carbocycles. The lowest BCUT2D eigenvalue weighted by molar-refractivity contribution is -0.310. The molecule has 3 heterocycles. The highest BCUT2D eigenvalue weighted by Gasteiger charge is 2.37. The molecule has 2 aromatic rings. The first-order valence-electron chi connectivity index (χ1n) is 8.41. The van der Waals surface area contributed by atoms with Crippen molar-refractivity contribution in [3.05, 3.63) is 35.6 Å². The molecule has 0 N–H and O–H groups in total. The molecule has 0 bridgehead atoms. The smallest absolute Gasteiger partial charge is 0.417 e. The Morgan fingerprint density at radius 1 is 1.45 bits per heavy atom. The minimum atomic E-state index is -4.82. The second-order valence-electron chi connectivity index (χ2n) is 6.17. The van der Waals surface area contributed by atoms with E-state index in [1.54, 1.807) is 0 Å². The molecule has 1 amide bonds. The number of furan rings is 1. The van der Waals surface area contributed by atoms with Crippen LogP contribution in [0.2, 0.25) is 0 Å². The quantitative estimate of drug-likeness (QED) is 0.676. The summed E-state index contributed by atoms with van der Waals surface area (Å²) in [5, 5.41) is 20.1. The number of aromatic nitrogens is 1. The molecule has 2 aromatic heterocycles. The van der Waals surface area contributed by atoms with E-state index in [1.165, 1.54) is 24.5 Å². The summed E-state index contributed by atoms with van der Waals surface area (Å²) >= 11 is 0.642.